The van der Waals surface area contributed by atoms with E-state index in [1.54, 1.807) is 0 Å². The highest BCUT2D eigenvalue weighted by atomic mass is 15.3. The first kappa shape index (κ1) is 18.1. The topological polar surface area (TPSA) is 42.2 Å². The van der Waals surface area contributed by atoms with Crippen LogP contribution < -0.4 is 5.32 Å². The van der Waals surface area contributed by atoms with Crippen LogP contribution in [0.15, 0.2) is 91.0 Å². The number of nitrogens with zero attached hydrogens (tertiary/aromatic N) is 3. The van der Waals surface area contributed by atoms with E-state index in [0.717, 1.165) is 45.2 Å². The highest BCUT2D eigenvalue weighted by molar-refractivity contribution is 5.83. The van der Waals surface area contributed by atoms with Gasteiger partial charge >= 0.3 is 0 Å². The number of nitrogens with one attached hydrogen (secondary N) is 1. The molecule has 0 amide bonds. The average Bonchev–Trinajstić information content (AvgIpc) is 3.12. The van der Waals surface area contributed by atoms with Gasteiger partial charge in [-0.2, -0.15) is 9.61 Å². The van der Waals surface area contributed by atoms with Gasteiger partial charge in [-0.05, 0) is 31.5 Å². The maximum Gasteiger partial charge on any atom is 0.166 e. The average molecular weight is 390 g/mol. The summed E-state index contributed by atoms with van der Waals surface area (Å²) in [4.78, 5) is 5.02. The molecule has 0 saturated heterocycles. The van der Waals surface area contributed by atoms with Gasteiger partial charge in [-0.15, -0.1) is 0 Å². The Morgan fingerprint density at radius 3 is 2.03 bits per heavy atom. The Hall–Kier alpha value is -3.92. The zero-order chi connectivity index (χ0) is 20.5. The fourth-order valence-corrected chi connectivity index (χ4v) is 3.70. The van der Waals surface area contributed by atoms with Crippen LogP contribution in [0.5, 0.6) is 0 Å². The molecule has 2 heterocycles. The fourth-order valence-electron chi connectivity index (χ4n) is 3.70. The summed E-state index contributed by atoms with van der Waals surface area (Å²) in [6.45, 7) is 4.12. The molecule has 0 fully saturated rings. The van der Waals surface area contributed by atoms with Gasteiger partial charge in [-0.3, -0.25) is 0 Å². The monoisotopic (exact) mass is 390 g/mol. The Labute approximate surface area is 175 Å². The van der Waals surface area contributed by atoms with Crippen molar-refractivity contribution in [1.29, 1.82) is 0 Å². The van der Waals surface area contributed by atoms with Gasteiger partial charge < -0.3 is 5.32 Å². The number of benzene rings is 3. The lowest BCUT2D eigenvalue weighted by Gasteiger charge is -2.12. The zero-order valence-electron chi connectivity index (χ0n) is 17.0. The molecule has 0 atom stereocenters. The molecule has 0 aliphatic heterocycles. The van der Waals surface area contributed by atoms with Gasteiger partial charge in [0.2, 0.25) is 0 Å². The molecule has 0 aliphatic carbocycles. The molecule has 0 spiro atoms. The molecule has 4 nitrogen and oxygen atoms in total. The molecule has 5 aromatic rings. The lowest BCUT2D eigenvalue weighted by Crippen LogP contribution is -2.02. The molecule has 3 aromatic carbocycles. The van der Waals surface area contributed by atoms with Crippen molar-refractivity contribution in [2.75, 3.05) is 5.32 Å². The minimum absolute atomic E-state index is 0.842. The number of hydrogen-bond acceptors (Lipinski definition) is 3. The van der Waals surface area contributed by atoms with Crippen LogP contribution in [0, 0.1) is 13.8 Å². The van der Waals surface area contributed by atoms with E-state index in [1.807, 2.05) is 47.8 Å². The van der Waals surface area contributed by atoms with E-state index < -0.39 is 0 Å². The normalized spacial score (nSPS) is 11.0. The minimum Gasteiger partial charge on any atom is -0.340 e. The summed E-state index contributed by atoms with van der Waals surface area (Å²) in [5.41, 5.74) is 8.19. The first-order chi connectivity index (χ1) is 14.7. The second-order valence-electron chi connectivity index (χ2n) is 7.45. The van der Waals surface area contributed by atoms with Crippen LogP contribution in [-0.2, 0) is 0 Å². The molecular formula is C26H22N4. The molecule has 5 rings (SSSR count). The van der Waals surface area contributed by atoms with Crippen molar-refractivity contribution in [3.05, 3.63) is 102 Å². The summed E-state index contributed by atoms with van der Waals surface area (Å²) in [5, 5.41) is 8.37. The highest BCUT2D eigenvalue weighted by Crippen LogP contribution is 2.32. The summed E-state index contributed by atoms with van der Waals surface area (Å²) in [7, 11) is 0. The van der Waals surface area contributed by atoms with Crippen LogP contribution in [0.3, 0.4) is 0 Å². The lowest BCUT2D eigenvalue weighted by molar-refractivity contribution is 0.926. The Kier molecular flexibility index (Phi) is 4.52. The molecule has 0 aliphatic rings. The standard InChI is InChI=1S/C26H22N4/c1-18-13-15-22(16-14-18)27-24-17-23(20-9-5-3-6-10-20)28-26-25(19(2)29-30(24)26)21-11-7-4-8-12-21/h3-17,27H,1-2H3. The number of hydrogen-bond donors (Lipinski definition) is 1. The van der Waals surface area contributed by atoms with Crippen molar-refractivity contribution in [2.45, 2.75) is 13.8 Å². The van der Waals surface area contributed by atoms with E-state index in [2.05, 4.69) is 66.8 Å². The summed E-state index contributed by atoms with van der Waals surface area (Å²) >= 11 is 0. The van der Waals surface area contributed by atoms with Gasteiger partial charge in [-0.1, -0.05) is 78.4 Å². The van der Waals surface area contributed by atoms with Gasteiger partial charge in [-0.25, -0.2) is 4.98 Å². The van der Waals surface area contributed by atoms with Gasteiger partial charge in [0.05, 0.1) is 11.4 Å². The molecule has 0 radical (unpaired) electrons. The van der Waals surface area contributed by atoms with Crippen molar-refractivity contribution in [1.82, 2.24) is 14.6 Å². The van der Waals surface area contributed by atoms with Crippen molar-refractivity contribution < 1.29 is 0 Å². The van der Waals surface area contributed by atoms with Gasteiger partial charge in [0, 0.05) is 22.9 Å². The number of aryl methyl sites for hydroxylation is 2. The van der Waals surface area contributed by atoms with Crippen LogP contribution >= 0.6 is 0 Å². The van der Waals surface area contributed by atoms with E-state index >= 15 is 0 Å². The van der Waals surface area contributed by atoms with Gasteiger partial charge in [0.1, 0.15) is 5.82 Å². The van der Waals surface area contributed by atoms with E-state index in [-0.39, 0.29) is 0 Å². The Morgan fingerprint density at radius 2 is 1.37 bits per heavy atom. The predicted molar refractivity (Wildman–Crippen MR) is 123 cm³/mol. The molecule has 0 unspecified atom stereocenters. The summed E-state index contributed by atoms with van der Waals surface area (Å²) < 4.78 is 1.91. The number of rotatable bonds is 4. The van der Waals surface area contributed by atoms with E-state index in [9.17, 15) is 0 Å². The summed E-state index contributed by atoms with van der Waals surface area (Å²) in [6.07, 6.45) is 0. The van der Waals surface area contributed by atoms with Crippen LogP contribution in [-0.4, -0.2) is 14.6 Å². The molecule has 0 bridgehead atoms. The molecule has 4 heteroatoms. The van der Waals surface area contributed by atoms with Crippen LogP contribution in [0.4, 0.5) is 11.5 Å². The first-order valence-corrected chi connectivity index (χ1v) is 10.0. The zero-order valence-corrected chi connectivity index (χ0v) is 17.0. The number of anilines is 2. The quantitative estimate of drug-likeness (QED) is 0.385. The van der Waals surface area contributed by atoms with Gasteiger partial charge in [0.25, 0.3) is 0 Å². The summed E-state index contributed by atoms with van der Waals surface area (Å²) in [5.74, 6) is 0.882. The molecule has 30 heavy (non-hydrogen) atoms. The van der Waals surface area contributed by atoms with E-state index in [1.165, 1.54) is 5.56 Å². The van der Waals surface area contributed by atoms with Crippen molar-refractivity contribution in [3.63, 3.8) is 0 Å². The Balaban J connectivity index is 1.74. The van der Waals surface area contributed by atoms with Crippen molar-refractivity contribution in [2.24, 2.45) is 0 Å². The van der Waals surface area contributed by atoms with Crippen LogP contribution in [0.25, 0.3) is 28.0 Å². The maximum absolute atomic E-state index is 5.02. The molecular weight excluding hydrogens is 368 g/mol. The van der Waals surface area contributed by atoms with Crippen molar-refractivity contribution in [3.8, 4) is 22.4 Å². The molecule has 0 saturated carbocycles. The predicted octanol–water partition coefficient (Wildman–Crippen LogP) is 6.42. The molecule has 146 valence electrons. The number of aromatic nitrogens is 3. The smallest absolute Gasteiger partial charge is 0.166 e. The third-order valence-corrected chi connectivity index (χ3v) is 5.22. The third kappa shape index (κ3) is 3.33. The van der Waals surface area contributed by atoms with E-state index in [4.69, 9.17) is 10.1 Å². The minimum atomic E-state index is 0.842. The van der Waals surface area contributed by atoms with Gasteiger partial charge in [0.15, 0.2) is 5.65 Å². The third-order valence-electron chi connectivity index (χ3n) is 5.22. The lowest BCUT2D eigenvalue weighted by atomic mass is 10.1. The second-order valence-corrected chi connectivity index (χ2v) is 7.45. The SMILES string of the molecule is Cc1ccc(Nc2cc(-c3ccccc3)nc3c(-c4ccccc4)c(C)nn23)cc1. The van der Waals surface area contributed by atoms with Crippen molar-refractivity contribution >= 4 is 17.2 Å². The number of fused-ring (bicyclic) bond motifs is 1. The Morgan fingerprint density at radius 1 is 0.733 bits per heavy atom. The maximum atomic E-state index is 5.02. The van der Waals surface area contributed by atoms with Crippen LogP contribution in [0.2, 0.25) is 0 Å². The second kappa shape index (κ2) is 7.48. The summed E-state index contributed by atoms with van der Waals surface area (Å²) in [6, 6.07) is 31.0. The van der Waals surface area contributed by atoms with Crippen LogP contribution in [0.1, 0.15) is 11.3 Å². The molecule has 2 aromatic heterocycles. The first-order valence-electron chi connectivity index (χ1n) is 10.0. The Bertz CT molecular complexity index is 1300. The largest absolute Gasteiger partial charge is 0.340 e. The highest BCUT2D eigenvalue weighted by Gasteiger charge is 2.17. The molecule has 1 N–H and O–H groups in total. The van der Waals surface area contributed by atoms with E-state index in [0.29, 0.717) is 0 Å². The fraction of sp³-hybridized carbons (Fsp3) is 0.0769.